The van der Waals surface area contributed by atoms with Gasteiger partial charge in [-0.3, -0.25) is 9.69 Å². The summed E-state index contributed by atoms with van der Waals surface area (Å²) in [4.78, 5) is 14.6. The van der Waals surface area contributed by atoms with Crippen molar-refractivity contribution in [2.45, 2.75) is 52.2 Å². The van der Waals surface area contributed by atoms with Crippen LogP contribution in [0.5, 0.6) is 11.5 Å². The molecule has 2 aromatic carbocycles. The molecule has 2 aromatic rings. The van der Waals surface area contributed by atoms with E-state index >= 15 is 0 Å². The molecule has 1 N–H and O–H groups in total. The van der Waals surface area contributed by atoms with Crippen molar-refractivity contribution in [3.63, 3.8) is 0 Å². The SMILES string of the molecule is COc1ccc(/C=C2/NC(=S)N(CC3CCCO3)C2=O)cc1COc1cc(C)c(Cl)cc1C(C)C. The number of methoxy groups -OCH3 is 1. The highest BCUT2D eigenvalue weighted by Gasteiger charge is 2.33. The summed E-state index contributed by atoms with van der Waals surface area (Å²) in [7, 11) is 1.63. The number of halogens is 1. The smallest absolute Gasteiger partial charge is 0.276 e. The second-order valence-corrected chi connectivity index (χ2v) is 9.99. The molecule has 6 nitrogen and oxygen atoms in total. The maximum Gasteiger partial charge on any atom is 0.276 e. The summed E-state index contributed by atoms with van der Waals surface area (Å²) in [6.07, 6.45) is 3.80. The van der Waals surface area contributed by atoms with Gasteiger partial charge in [-0.15, -0.1) is 0 Å². The Morgan fingerprint density at radius 3 is 2.77 bits per heavy atom. The van der Waals surface area contributed by atoms with Gasteiger partial charge in [-0.05, 0) is 84.9 Å². The van der Waals surface area contributed by atoms with Gasteiger partial charge in [0.05, 0.1) is 19.8 Å². The predicted molar refractivity (Wildman–Crippen MR) is 142 cm³/mol. The van der Waals surface area contributed by atoms with Crippen molar-refractivity contribution >= 4 is 40.9 Å². The highest BCUT2D eigenvalue weighted by molar-refractivity contribution is 7.80. The zero-order valence-electron chi connectivity index (χ0n) is 20.5. The number of ether oxygens (including phenoxy) is 3. The number of carbonyl (C=O) groups is 1. The maximum atomic E-state index is 13.0. The Morgan fingerprint density at radius 1 is 1.29 bits per heavy atom. The van der Waals surface area contributed by atoms with E-state index < -0.39 is 0 Å². The highest BCUT2D eigenvalue weighted by atomic mass is 35.5. The zero-order chi connectivity index (χ0) is 25.1. The van der Waals surface area contributed by atoms with Crippen LogP contribution in [0.4, 0.5) is 0 Å². The lowest BCUT2D eigenvalue weighted by atomic mass is 10.0. The van der Waals surface area contributed by atoms with Crippen LogP contribution in [0.3, 0.4) is 0 Å². The van der Waals surface area contributed by atoms with Gasteiger partial charge in [0, 0.05) is 17.2 Å². The molecule has 0 bridgehead atoms. The van der Waals surface area contributed by atoms with Crippen LogP contribution in [-0.2, 0) is 16.1 Å². The highest BCUT2D eigenvalue weighted by Crippen LogP contribution is 2.33. The molecule has 0 spiro atoms. The molecule has 0 radical (unpaired) electrons. The Labute approximate surface area is 217 Å². The van der Waals surface area contributed by atoms with Crippen LogP contribution >= 0.6 is 23.8 Å². The Balaban J connectivity index is 1.54. The molecule has 2 heterocycles. The van der Waals surface area contributed by atoms with Gasteiger partial charge in [0.2, 0.25) is 0 Å². The molecule has 8 heteroatoms. The van der Waals surface area contributed by atoms with Gasteiger partial charge in [-0.1, -0.05) is 31.5 Å². The number of carbonyl (C=O) groups excluding carboxylic acids is 1. The summed E-state index contributed by atoms with van der Waals surface area (Å²) in [5, 5.41) is 4.19. The maximum absolute atomic E-state index is 13.0. The van der Waals surface area contributed by atoms with Gasteiger partial charge in [0.1, 0.15) is 23.8 Å². The van der Waals surface area contributed by atoms with Crippen LogP contribution in [0.1, 0.15) is 54.9 Å². The summed E-state index contributed by atoms with van der Waals surface area (Å²) >= 11 is 11.7. The fourth-order valence-corrected chi connectivity index (χ4v) is 4.74. The molecule has 2 aliphatic heterocycles. The fourth-order valence-electron chi connectivity index (χ4n) is 4.30. The fraction of sp³-hybridized carbons (Fsp3) is 0.407. The number of hydrogen-bond acceptors (Lipinski definition) is 5. The first kappa shape index (κ1) is 25.5. The molecule has 35 heavy (non-hydrogen) atoms. The Hall–Kier alpha value is -2.61. The topological polar surface area (TPSA) is 60.0 Å². The number of benzene rings is 2. The summed E-state index contributed by atoms with van der Waals surface area (Å²) in [5.74, 6) is 1.64. The van der Waals surface area contributed by atoms with Crippen molar-refractivity contribution in [1.29, 1.82) is 0 Å². The van der Waals surface area contributed by atoms with Crippen molar-refractivity contribution in [1.82, 2.24) is 10.2 Å². The second-order valence-electron chi connectivity index (χ2n) is 9.19. The van der Waals surface area contributed by atoms with Crippen LogP contribution in [0, 0.1) is 6.92 Å². The quantitative estimate of drug-likeness (QED) is 0.366. The average molecular weight is 515 g/mol. The minimum absolute atomic E-state index is 0.0371. The number of nitrogens with zero attached hydrogens (tertiary/aromatic N) is 1. The first-order valence-electron chi connectivity index (χ1n) is 11.8. The van der Waals surface area contributed by atoms with Gasteiger partial charge < -0.3 is 19.5 Å². The van der Waals surface area contributed by atoms with Crippen LogP contribution in [0.15, 0.2) is 36.0 Å². The predicted octanol–water partition coefficient (Wildman–Crippen LogP) is 5.60. The normalized spacial score (nSPS) is 19.1. The molecule has 0 aliphatic carbocycles. The summed E-state index contributed by atoms with van der Waals surface area (Å²) in [6, 6.07) is 9.69. The Bertz CT molecular complexity index is 1160. The third-order valence-corrected chi connectivity index (χ3v) is 7.01. The van der Waals surface area contributed by atoms with Crippen LogP contribution in [-0.4, -0.2) is 42.3 Å². The lowest BCUT2D eigenvalue weighted by molar-refractivity contribution is -0.123. The van der Waals surface area contributed by atoms with E-state index in [0.717, 1.165) is 52.5 Å². The molecule has 1 amide bonds. The third-order valence-electron chi connectivity index (χ3n) is 6.28. The van der Waals surface area contributed by atoms with E-state index in [0.29, 0.717) is 29.7 Å². The number of nitrogens with one attached hydrogen (secondary N) is 1. The van der Waals surface area contributed by atoms with Crippen molar-refractivity contribution in [3.05, 3.63) is 63.3 Å². The van der Waals surface area contributed by atoms with E-state index in [9.17, 15) is 4.79 Å². The third kappa shape index (κ3) is 5.80. The zero-order valence-corrected chi connectivity index (χ0v) is 22.1. The monoisotopic (exact) mass is 514 g/mol. The average Bonchev–Trinajstić information content (AvgIpc) is 3.43. The van der Waals surface area contributed by atoms with Gasteiger partial charge in [0.25, 0.3) is 5.91 Å². The van der Waals surface area contributed by atoms with Gasteiger partial charge in [-0.25, -0.2) is 0 Å². The molecule has 1 unspecified atom stereocenters. The molecular formula is C27H31ClN2O4S. The van der Waals surface area contributed by atoms with Crippen molar-refractivity contribution in [2.24, 2.45) is 0 Å². The second kappa shape index (κ2) is 11.0. The van der Waals surface area contributed by atoms with E-state index in [1.54, 1.807) is 18.1 Å². The number of thiocarbonyl (C=S) groups is 1. The van der Waals surface area contributed by atoms with E-state index in [2.05, 4.69) is 19.2 Å². The summed E-state index contributed by atoms with van der Waals surface area (Å²) in [5.41, 5.74) is 4.18. The van der Waals surface area contributed by atoms with E-state index in [1.807, 2.05) is 37.3 Å². The lowest BCUT2D eigenvalue weighted by Gasteiger charge is -2.18. The minimum Gasteiger partial charge on any atom is -0.496 e. The van der Waals surface area contributed by atoms with Gasteiger partial charge >= 0.3 is 0 Å². The lowest BCUT2D eigenvalue weighted by Crippen LogP contribution is -2.37. The van der Waals surface area contributed by atoms with Crippen molar-refractivity contribution in [3.8, 4) is 11.5 Å². The molecule has 4 rings (SSSR count). The number of rotatable bonds is 8. The van der Waals surface area contributed by atoms with Crippen LogP contribution < -0.4 is 14.8 Å². The first-order chi connectivity index (χ1) is 16.8. The minimum atomic E-state index is -0.141. The molecule has 1 atom stereocenters. The molecule has 0 saturated carbocycles. The van der Waals surface area contributed by atoms with Crippen molar-refractivity contribution in [2.75, 3.05) is 20.3 Å². The van der Waals surface area contributed by atoms with E-state index in [-0.39, 0.29) is 17.9 Å². The number of amides is 1. The molecule has 0 aromatic heterocycles. The van der Waals surface area contributed by atoms with Crippen LogP contribution in [0.2, 0.25) is 5.02 Å². The largest absolute Gasteiger partial charge is 0.496 e. The molecule has 2 fully saturated rings. The number of aryl methyl sites for hydroxylation is 1. The van der Waals surface area contributed by atoms with Crippen LogP contribution in [0.25, 0.3) is 6.08 Å². The first-order valence-corrected chi connectivity index (χ1v) is 12.6. The van der Waals surface area contributed by atoms with Gasteiger partial charge in [-0.2, -0.15) is 0 Å². The molecule has 2 saturated heterocycles. The Kier molecular flexibility index (Phi) is 7.99. The van der Waals surface area contributed by atoms with E-state index in [1.165, 1.54) is 0 Å². The standard InChI is InChI=1S/C27H31ClN2O4S/c1-16(2)21-13-22(28)17(3)10-25(21)34-15-19-11-18(7-8-24(19)32-4)12-23-26(31)30(27(35)29-23)14-20-6-5-9-33-20/h7-8,10-13,16,20H,5-6,9,14-15H2,1-4H3,(H,29,35)/b23-12+. The summed E-state index contributed by atoms with van der Waals surface area (Å²) < 4.78 is 17.5. The summed E-state index contributed by atoms with van der Waals surface area (Å²) in [6.45, 7) is 7.71. The Morgan fingerprint density at radius 2 is 2.09 bits per heavy atom. The molecule has 2 aliphatic rings. The van der Waals surface area contributed by atoms with E-state index in [4.69, 9.17) is 38.0 Å². The van der Waals surface area contributed by atoms with Crippen molar-refractivity contribution < 1.29 is 19.0 Å². The van der Waals surface area contributed by atoms with Gasteiger partial charge in [0.15, 0.2) is 5.11 Å². The number of hydrogen-bond donors (Lipinski definition) is 1. The molecular weight excluding hydrogens is 484 g/mol. The molecule has 186 valence electrons.